The van der Waals surface area contributed by atoms with Crippen LogP contribution in [0.25, 0.3) is 0 Å². The largest absolute Gasteiger partial charge is 0.369 e. The molecule has 0 atom stereocenters. The van der Waals surface area contributed by atoms with Gasteiger partial charge in [-0.1, -0.05) is 38.3 Å². The van der Waals surface area contributed by atoms with Gasteiger partial charge in [0.1, 0.15) is 0 Å². The molecule has 0 spiro atoms. The van der Waals surface area contributed by atoms with Crippen molar-refractivity contribution in [1.29, 1.82) is 5.26 Å². The summed E-state index contributed by atoms with van der Waals surface area (Å²) in [4.78, 5) is 2.34. The third-order valence-electron chi connectivity index (χ3n) is 4.03. The molecule has 102 valence electrons. The minimum atomic E-state index is 0.487. The Hall–Kier alpha value is -1.20. The minimum Gasteiger partial charge on any atom is -0.369 e. The fourth-order valence-corrected chi connectivity index (χ4v) is 3.57. The Bertz CT molecular complexity index is 476. The van der Waals surface area contributed by atoms with Gasteiger partial charge in [0, 0.05) is 18.5 Å². The lowest BCUT2D eigenvalue weighted by molar-refractivity contribution is 0.173. The topological polar surface area (TPSA) is 27.0 Å². The van der Waals surface area contributed by atoms with Crippen molar-refractivity contribution in [2.24, 2.45) is 5.41 Å². The molecule has 0 bridgehead atoms. The van der Waals surface area contributed by atoms with Crippen molar-refractivity contribution in [2.75, 3.05) is 18.0 Å². The van der Waals surface area contributed by atoms with Crippen LogP contribution < -0.4 is 4.90 Å². The van der Waals surface area contributed by atoms with Crippen LogP contribution >= 0.6 is 11.6 Å². The lowest BCUT2D eigenvalue weighted by atomic mass is 9.72. The molecule has 3 heteroatoms. The maximum absolute atomic E-state index is 8.86. The molecule has 1 aromatic rings. The average Bonchev–Trinajstić information content (AvgIpc) is 2.36. The lowest BCUT2D eigenvalue weighted by Crippen LogP contribution is -2.56. The molecule has 0 aliphatic carbocycles. The average molecular weight is 277 g/mol. The van der Waals surface area contributed by atoms with Gasteiger partial charge in [-0.3, -0.25) is 0 Å². The zero-order valence-corrected chi connectivity index (χ0v) is 12.5. The second kappa shape index (κ2) is 5.84. The van der Waals surface area contributed by atoms with Gasteiger partial charge in [0.15, 0.2) is 0 Å². The van der Waals surface area contributed by atoms with Crippen molar-refractivity contribution in [1.82, 2.24) is 0 Å². The molecule has 0 unspecified atom stereocenters. The smallest absolute Gasteiger partial charge is 0.0992 e. The van der Waals surface area contributed by atoms with Crippen LogP contribution in [0.5, 0.6) is 0 Å². The quantitative estimate of drug-likeness (QED) is 0.785. The maximum atomic E-state index is 8.86. The standard InChI is InChI=1S/C16H21ClN2/c1-3-7-16(8-4-2)11-19(12-16)15-6-5-13(10-18)9-14(15)17/h5-6,9H,3-4,7-8,11-12H2,1-2H3. The first-order valence-electron chi connectivity index (χ1n) is 7.09. The molecular weight excluding hydrogens is 256 g/mol. The summed E-state index contributed by atoms with van der Waals surface area (Å²) in [5.74, 6) is 0. The molecule has 1 aliphatic rings. The third-order valence-corrected chi connectivity index (χ3v) is 4.33. The van der Waals surface area contributed by atoms with E-state index < -0.39 is 0 Å². The molecule has 1 heterocycles. The molecule has 0 N–H and O–H groups in total. The van der Waals surface area contributed by atoms with E-state index in [1.54, 1.807) is 6.07 Å². The van der Waals surface area contributed by atoms with E-state index in [0.717, 1.165) is 18.8 Å². The van der Waals surface area contributed by atoms with Crippen LogP contribution in [-0.4, -0.2) is 13.1 Å². The first-order valence-corrected chi connectivity index (χ1v) is 7.46. The number of nitriles is 1. The molecule has 0 amide bonds. The van der Waals surface area contributed by atoms with Crippen LogP contribution in [0.4, 0.5) is 5.69 Å². The summed E-state index contributed by atoms with van der Waals surface area (Å²) in [7, 11) is 0. The van der Waals surface area contributed by atoms with Gasteiger partial charge in [0.2, 0.25) is 0 Å². The van der Waals surface area contributed by atoms with Crippen molar-refractivity contribution >= 4 is 17.3 Å². The molecule has 2 nitrogen and oxygen atoms in total. The second-order valence-electron chi connectivity index (χ2n) is 5.63. The van der Waals surface area contributed by atoms with E-state index >= 15 is 0 Å². The Kier molecular flexibility index (Phi) is 4.37. The van der Waals surface area contributed by atoms with Gasteiger partial charge in [-0.25, -0.2) is 0 Å². The van der Waals surface area contributed by atoms with Crippen molar-refractivity contribution in [3.8, 4) is 6.07 Å². The highest BCUT2D eigenvalue weighted by Crippen LogP contribution is 2.43. The zero-order valence-electron chi connectivity index (χ0n) is 11.7. The van der Waals surface area contributed by atoms with E-state index in [4.69, 9.17) is 16.9 Å². The van der Waals surface area contributed by atoms with E-state index in [2.05, 4.69) is 24.8 Å². The summed E-state index contributed by atoms with van der Waals surface area (Å²) >= 11 is 6.27. The van der Waals surface area contributed by atoms with Gasteiger partial charge in [0.05, 0.1) is 22.3 Å². The predicted molar refractivity (Wildman–Crippen MR) is 80.6 cm³/mol. The van der Waals surface area contributed by atoms with Crippen LogP contribution in [-0.2, 0) is 0 Å². The number of hydrogen-bond donors (Lipinski definition) is 0. The molecule has 1 saturated heterocycles. The summed E-state index contributed by atoms with van der Waals surface area (Å²) in [5, 5.41) is 9.56. The molecule has 19 heavy (non-hydrogen) atoms. The van der Waals surface area contributed by atoms with Crippen LogP contribution in [0.15, 0.2) is 18.2 Å². The van der Waals surface area contributed by atoms with Crippen LogP contribution in [0.1, 0.15) is 45.1 Å². The fraction of sp³-hybridized carbons (Fsp3) is 0.562. The minimum absolute atomic E-state index is 0.487. The van der Waals surface area contributed by atoms with Gasteiger partial charge < -0.3 is 4.90 Å². The Morgan fingerprint density at radius 2 is 1.89 bits per heavy atom. The normalized spacial score (nSPS) is 16.8. The summed E-state index contributed by atoms with van der Waals surface area (Å²) in [6.07, 6.45) is 5.08. The van der Waals surface area contributed by atoms with Gasteiger partial charge >= 0.3 is 0 Å². The highest BCUT2D eigenvalue weighted by Gasteiger charge is 2.41. The second-order valence-corrected chi connectivity index (χ2v) is 6.04. The fourth-order valence-electron chi connectivity index (χ4n) is 3.27. The predicted octanol–water partition coefficient (Wildman–Crippen LogP) is 4.62. The van der Waals surface area contributed by atoms with E-state index in [1.165, 1.54) is 25.7 Å². The summed E-state index contributed by atoms with van der Waals surface area (Å²) < 4.78 is 0. The van der Waals surface area contributed by atoms with Crippen molar-refractivity contribution < 1.29 is 0 Å². The lowest BCUT2D eigenvalue weighted by Gasteiger charge is -2.52. The number of anilines is 1. The van der Waals surface area contributed by atoms with E-state index in [0.29, 0.717) is 16.0 Å². The molecule has 0 saturated carbocycles. The van der Waals surface area contributed by atoms with Crippen LogP contribution in [0.2, 0.25) is 5.02 Å². The molecule has 1 aliphatic heterocycles. The zero-order chi connectivity index (χ0) is 13.9. The molecule has 0 radical (unpaired) electrons. The Labute approximate surface area is 121 Å². The first kappa shape index (κ1) is 14.2. The molecule has 2 rings (SSSR count). The van der Waals surface area contributed by atoms with Gasteiger partial charge in [-0.15, -0.1) is 0 Å². The molecule has 0 aromatic heterocycles. The van der Waals surface area contributed by atoms with Crippen LogP contribution in [0, 0.1) is 16.7 Å². The van der Waals surface area contributed by atoms with Crippen molar-refractivity contribution in [2.45, 2.75) is 39.5 Å². The van der Waals surface area contributed by atoms with Crippen molar-refractivity contribution in [3.05, 3.63) is 28.8 Å². The maximum Gasteiger partial charge on any atom is 0.0992 e. The third kappa shape index (κ3) is 2.87. The first-order chi connectivity index (χ1) is 9.14. The van der Waals surface area contributed by atoms with E-state index in [1.807, 2.05) is 12.1 Å². The summed E-state index contributed by atoms with van der Waals surface area (Å²) in [5.41, 5.74) is 2.19. The highest BCUT2D eigenvalue weighted by atomic mass is 35.5. The number of benzene rings is 1. The van der Waals surface area contributed by atoms with Gasteiger partial charge in [0.25, 0.3) is 0 Å². The molecular formula is C16H21ClN2. The number of hydrogen-bond acceptors (Lipinski definition) is 2. The van der Waals surface area contributed by atoms with Crippen molar-refractivity contribution in [3.63, 3.8) is 0 Å². The molecule has 1 fully saturated rings. The Balaban J connectivity index is 2.09. The number of nitrogens with zero attached hydrogens (tertiary/aromatic N) is 2. The summed E-state index contributed by atoms with van der Waals surface area (Å²) in [6, 6.07) is 7.71. The Morgan fingerprint density at radius 1 is 1.26 bits per heavy atom. The van der Waals surface area contributed by atoms with Crippen LogP contribution in [0.3, 0.4) is 0 Å². The van der Waals surface area contributed by atoms with Gasteiger partial charge in [-0.05, 0) is 31.0 Å². The van der Waals surface area contributed by atoms with E-state index in [9.17, 15) is 0 Å². The SMILES string of the molecule is CCCC1(CCC)CN(c2ccc(C#N)cc2Cl)C1. The van der Waals surface area contributed by atoms with E-state index in [-0.39, 0.29) is 0 Å². The summed E-state index contributed by atoms with van der Waals surface area (Å²) in [6.45, 7) is 6.71. The Morgan fingerprint density at radius 3 is 2.37 bits per heavy atom. The highest BCUT2D eigenvalue weighted by molar-refractivity contribution is 6.33. The number of rotatable bonds is 5. The van der Waals surface area contributed by atoms with Gasteiger partial charge in [-0.2, -0.15) is 5.26 Å². The monoisotopic (exact) mass is 276 g/mol. The number of halogens is 1. The molecule has 1 aromatic carbocycles.